The van der Waals surface area contributed by atoms with Gasteiger partial charge in [0.2, 0.25) is 0 Å². The van der Waals surface area contributed by atoms with Gasteiger partial charge in [0, 0.05) is 30.2 Å². The first kappa shape index (κ1) is 21.2. The van der Waals surface area contributed by atoms with Crippen LogP contribution < -0.4 is 10.2 Å². The molecule has 29 heavy (non-hydrogen) atoms. The predicted molar refractivity (Wildman–Crippen MR) is 113 cm³/mol. The Balaban J connectivity index is 1.56. The molecule has 0 spiro atoms. The Kier molecular flexibility index (Phi) is 7.14. The first-order valence-electron chi connectivity index (χ1n) is 9.60. The fourth-order valence-electron chi connectivity index (χ4n) is 3.38. The van der Waals surface area contributed by atoms with Crippen molar-refractivity contribution in [1.29, 1.82) is 0 Å². The third-order valence-electron chi connectivity index (χ3n) is 5.00. The van der Waals surface area contributed by atoms with Crippen molar-refractivity contribution >= 4 is 29.3 Å². The standard InChI is InChI=1S/C22H25FN2O3S/c1-15(22(27)28-2)29-20-6-4-3-5-19(20)21(26)24-13-16-11-12-25(14-16)18-9-7-17(23)8-10-18/h3-10,15-16H,11-14H2,1-2H3,(H,24,26). The van der Waals surface area contributed by atoms with Gasteiger partial charge in [0.25, 0.3) is 5.91 Å². The zero-order valence-electron chi connectivity index (χ0n) is 16.6. The summed E-state index contributed by atoms with van der Waals surface area (Å²) in [5.41, 5.74) is 1.56. The van der Waals surface area contributed by atoms with Gasteiger partial charge in [-0.25, -0.2) is 4.39 Å². The molecule has 3 rings (SSSR count). The van der Waals surface area contributed by atoms with E-state index < -0.39 is 5.25 Å². The molecule has 1 aliphatic rings. The lowest BCUT2D eigenvalue weighted by molar-refractivity contribution is -0.139. The third-order valence-corrected chi connectivity index (χ3v) is 6.15. The van der Waals surface area contributed by atoms with Gasteiger partial charge < -0.3 is 15.0 Å². The van der Waals surface area contributed by atoms with Gasteiger partial charge in [0.1, 0.15) is 11.1 Å². The average Bonchev–Trinajstić information content (AvgIpc) is 3.21. The summed E-state index contributed by atoms with van der Waals surface area (Å²) in [7, 11) is 1.36. The minimum atomic E-state index is -0.395. The highest BCUT2D eigenvalue weighted by molar-refractivity contribution is 8.00. The van der Waals surface area contributed by atoms with Crippen molar-refractivity contribution in [1.82, 2.24) is 5.32 Å². The van der Waals surface area contributed by atoms with Crippen molar-refractivity contribution in [3.05, 3.63) is 59.9 Å². The van der Waals surface area contributed by atoms with Crippen LogP contribution in [-0.4, -0.2) is 43.9 Å². The molecule has 5 nitrogen and oxygen atoms in total. The molecular formula is C22H25FN2O3S. The lowest BCUT2D eigenvalue weighted by atomic mass is 10.1. The van der Waals surface area contributed by atoms with E-state index >= 15 is 0 Å². The summed E-state index contributed by atoms with van der Waals surface area (Å²) in [6.45, 7) is 4.03. The number of thioether (sulfide) groups is 1. The van der Waals surface area contributed by atoms with Gasteiger partial charge in [-0.05, 0) is 55.7 Å². The van der Waals surface area contributed by atoms with Crippen molar-refractivity contribution in [2.24, 2.45) is 5.92 Å². The second kappa shape index (κ2) is 9.78. The van der Waals surface area contributed by atoms with Crippen LogP contribution in [0.1, 0.15) is 23.7 Å². The Bertz CT molecular complexity index is 859. The molecule has 0 saturated carbocycles. The number of rotatable bonds is 7. The highest BCUT2D eigenvalue weighted by atomic mass is 32.2. The van der Waals surface area contributed by atoms with E-state index in [1.165, 1.54) is 31.0 Å². The molecule has 1 N–H and O–H groups in total. The maximum absolute atomic E-state index is 13.1. The number of anilines is 1. The van der Waals surface area contributed by atoms with Gasteiger partial charge in [-0.1, -0.05) is 12.1 Å². The average molecular weight is 417 g/mol. The summed E-state index contributed by atoms with van der Waals surface area (Å²) in [5, 5.41) is 2.63. The number of halogens is 1. The van der Waals surface area contributed by atoms with Crippen molar-refractivity contribution in [2.75, 3.05) is 31.6 Å². The smallest absolute Gasteiger partial charge is 0.318 e. The molecule has 1 saturated heterocycles. The number of hydrogen-bond acceptors (Lipinski definition) is 5. The Morgan fingerprint density at radius 3 is 2.69 bits per heavy atom. The van der Waals surface area contributed by atoms with Crippen LogP contribution >= 0.6 is 11.8 Å². The van der Waals surface area contributed by atoms with E-state index in [4.69, 9.17) is 4.74 Å². The van der Waals surface area contributed by atoms with Crippen LogP contribution in [0.15, 0.2) is 53.4 Å². The van der Waals surface area contributed by atoms with E-state index in [-0.39, 0.29) is 17.7 Å². The Morgan fingerprint density at radius 2 is 1.97 bits per heavy atom. The second-order valence-corrected chi connectivity index (χ2v) is 8.45. The number of amides is 1. The number of carbonyl (C=O) groups is 2. The number of methoxy groups -OCH3 is 1. The molecule has 1 amide bonds. The normalized spacial score (nSPS) is 17.1. The molecule has 0 aliphatic carbocycles. The molecule has 1 aliphatic heterocycles. The van der Waals surface area contributed by atoms with Crippen LogP contribution in [0.2, 0.25) is 0 Å². The molecule has 0 radical (unpaired) electrons. The van der Waals surface area contributed by atoms with Crippen molar-refractivity contribution in [3.8, 4) is 0 Å². The number of hydrogen-bond donors (Lipinski definition) is 1. The molecule has 2 aromatic rings. The van der Waals surface area contributed by atoms with E-state index in [0.29, 0.717) is 18.0 Å². The molecule has 0 aromatic heterocycles. The number of nitrogens with zero attached hydrogens (tertiary/aromatic N) is 1. The fourth-order valence-corrected chi connectivity index (χ4v) is 4.40. The zero-order valence-corrected chi connectivity index (χ0v) is 17.4. The minimum Gasteiger partial charge on any atom is -0.468 e. The van der Waals surface area contributed by atoms with E-state index in [9.17, 15) is 14.0 Å². The molecule has 1 heterocycles. The monoisotopic (exact) mass is 416 g/mol. The summed E-state index contributed by atoms with van der Waals surface area (Å²) in [5.74, 6) is -0.380. The maximum Gasteiger partial charge on any atom is 0.318 e. The van der Waals surface area contributed by atoms with Crippen LogP contribution in [0.3, 0.4) is 0 Å². The zero-order chi connectivity index (χ0) is 20.8. The topological polar surface area (TPSA) is 58.6 Å². The van der Waals surface area contributed by atoms with Gasteiger partial charge in [-0.3, -0.25) is 9.59 Å². The van der Waals surface area contributed by atoms with Crippen LogP contribution in [0.4, 0.5) is 10.1 Å². The summed E-state index contributed by atoms with van der Waals surface area (Å²) >= 11 is 1.31. The number of esters is 1. The van der Waals surface area contributed by atoms with Crippen molar-refractivity contribution < 1.29 is 18.7 Å². The summed E-state index contributed by atoms with van der Waals surface area (Å²) < 4.78 is 17.9. The van der Waals surface area contributed by atoms with Crippen LogP contribution in [0.25, 0.3) is 0 Å². The number of ether oxygens (including phenoxy) is 1. The van der Waals surface area contributed by atoms with Crippen molar-refractivity contribution in [2.45, 2.75) is 23.5 Å². The predicted octanol–water partition coefficient (Wildman–Crippen LogP) is 3.74. The van der Waals surface area contributed by atoms with Gasteiger partial charge >= 0.3 is 5.97 Å². The summed E-state index contributed by atoms with van der Waals surface area (Å²) in [6, 6.07) is 13.8. The maximum atomic E-state index is 13.1. The third kappa shape index (κ3) is 5.50. The highest BCUT2D eigenvalue weighted by Crippen LogP contribution is 2.28. The van der Waals surface area contributed by atoms with E-state index in [2.05, 4.69) is 10.2 Å². The van der Waals surface area contributed by atoms with Gasteiger partial charge in [-0.2, -0.15) is 0 Å². The molecule has 154 valence electrons. The number of benzene rings is 2. The number of carbonyl (C=O) groups excluding carboxylic acids is 2. The van der Waals surface area contributed by atoms with Gasteiger partial charge in [0.05, 0.1) is 12.7 Å². The highest BCUT2D eigenvalue weighted by Gasteiger charge is 2.24. The molecule has 2 aromatic carbocycles. The first-order valence-corrected chi connectivity index (χ1v) is 10.5. The SMILES string of the molecule is COC(=O)C(C)Sc1ccccc1C(=O)NCC1CCN(c2ccc(F)cc2)C1. The van der Waals surface area contributed by atoms with E-state index in [0.717, 1.165) is 30.1 Å². The fraction of sp³-hybridized carbons (Fsp3) is 0.364. The largest absolute Gasteiger partial charge is 0.468 e. The Morgan fingerprint density at radius 1 is 1.24 bits per heavy atom. The molecule has 2 unspecified atom stereocenters. The van der Waals surface area contributed by atoms with Gasteiger partial charge in [0.15, 0.2) is 0 Å². The van der Waals surface area contributed by atoms with Gasteiger partial charge in [-0.15, -0.1) is 11.8 Å². The Hall–Kier alpha value is -2.54. The summed E-state index contributed by atoms with van der Waals surface area (Å²) in [4.78, 5) is 27.4. The minimum absolute atomic E-state index is 0.148. The van der Waals surface area contributed by atoms with Crippen LogP contribution in [0, 0.1) is 11.7 Å². The van der Waals surface area contributed by atoms with Crippen molar-refractivity contribution in [3.63, 3.8) is 0 Å². The Labute approximate surface area is 174 Å². The van der Waals surface area contributed by atoms with E-state index in [1.807, 2.05) is 18.2 Å². The molecule has 1 fully saturated rings. The van der Waals surface area contributed by atoms with Crippen LogP contribution in [0.5, 0.6) is 0 Å². The molecule has 2 atom stereocenters. The molecule has 0 bridgehead atoms. The van der Waals surface area contributed by atoms with Crippen LogP contribution in [-0.2, 0) is 9.53 Å². The molecular weight excluding hydrogens is 391 g/mol. The first-order chi connectivity index (χ1) is 14.0. The van der Waals surface area contributed by atoms with E-state index in [1.54, 1.807) is 25.1 Å². The quantitative estimate of drug-likeness (QED) is 0.551. The lowest BCUT2D eigenvalue weighted by Gasteiger charge is -2.19. The molecule has 7 heteroatoms. The second-order valence-electron chi connectivity index (χ2n) is 7.07. The summed E-state index contributed by atoms with van der Waals surface area (Å²) in [6.07, 6.45) is 0.966. The number of nitrogens with one attached hydrogen (secondary N) is 1. The lowest BCUT2D eigenvalue weighted by Crippen LogP contribution is -2.31.